The van der Waals surface area contributed by atoms with Crippen molar-refractivity contribution in [3.63, 3.8) is 0 Å². The number of hydrogen-bond acceptors (Lipinski definition) is 10. The summed E-state index contributed by atoms with van der Waals surface area (Å²) in [6, 6.07) is 116. The van der Waals surface area contributed by atoms with Gasteiger partial charge in [-0.15, -0.1) is 189 Å². The number of fused-ring (bicyclic) bond motifs is 6. The van der Waals surface area contributed by atoms with Crippen molar-refractivity contribution in [2.75, 3.05) is 0 Å². The molecule has 13 aromatic carbocycles. The molecule has 0 spiro atoms. The van der Waals surface area contributed by atoms with Gasteiger partial charge in [0, 0.05) is 24.8 Å². The molecule has 0 saturated carbocycles. The van der Waals surface area contributed by atoms with E-state index in [1.54, 1.807) is 6.33 Å². The van der Waals surface area contributed by atoms with Gasteiger partial charge < -0.3 is 38.6 Å². The molecule has 5 aromatic heterocycles. The Morgan fingerprint density at radius 3 is 0.887 bits per heavy atom. The topological polar surface area (TPSA) is 114 Å². The number of benzene rings is 13. The maximum Gasteiger partial charge on any atom is 3.00 e. The van der Waals surface area contributed by atoms with Crippen LogP contribution in [0.3, 0.4) is 0 Å². The van der Waals surface area contributed by atoms with Gasteiger partial charge in [-0.1, -0.05) is 214 Å². The van der Waals surface area contributed by atoms with E-state index in [-0.39, 0.29) is 40.2 Å². The van der Waals surface area contributed by atoms with E-state index in [0.717, 1.165) is 206 Å². The molecule has 606 valence electrons. The molecule has 7 heterocycles. The minimum atomic E-state index is -0.597. The smallest absolute Gasteiger partial charge is 0.399 e. The van der Waals surface area contributed by atoms with Crippen molar-refractivity contribution in [2.24, 2.45) is 0 Å². The minimum absolute atomic E-state index is 0. The van der Waals surface area contributed by atoms with E-state index in [2.05, 4.69) is 300 Å². The second kappa shape index (κ2) is 34.5. The van der Waals surface area contributed by atoms with Gasteiger partial charge in [0.25, 0.3) is 0 Å². The van der Waals surface area contributed by atoms with Crippen LogP contribution in [-0.4, -0.2) is 66.5 Å². The first-order valence-electron chi connectivity index (χ1n) is 42.4. The standard InChI is InChI=1S/C110H88B2N6O4.2Ir/c1-107(2)108(3,4)120-111(119-107)87-50-54-89(95(68-87)85-62-75(28-24-71-32-40-79(41-33-71)99-20-9-13-56-113-99)60-76(63-85)29-25-72-34-42-80(43-35-72)100-21-10-14-57-114-100)83-48-52-93-97(66-83)91-18-17-19-92-98-67-84(49-53-94(98)106-104(103(91)92)105(93)117-70-118-106)90-55-51-88(112-121-109(5,6)110(7,8)122-112)69-96(90)86-64-77(30-26-73-36-44-81(45-37-73)101-22-11-15-58-115-101)61-78(65-86)31-27-74-38-46-82(47-39-74)102-23-12-16-59-116-102;;/h9-23,32-40,42,44,46,48-51,54-70H,24-31H2,1-8H3;;/q-6;2*+3. The maximum absolute atomic E-state index is 6.88. The summed E-state index contributed by atoms with van der Waals surface area (Å²) in [6.45, 7) is 16.9. The van der Waals surface area contributed by atoms with Crippen molar-refractivity contribution in [1.82, 2.24) is 29.9 Å². The van der Waals surface area contributed by atoms with Gasteiger partial charge in [0.2, 0.25) is 0 Å². The predicted octanol–water partition coefficient (Wildman–Crippen LogP) is 23.1. The summed E-state index contributed by atoms with van der Waals surface area (Å²) in [5.74, 6) is 0. The molecule has 0 radical (unpaired) electrons. The Morgan fingerprint density at radius 2 is 0.589 bits per heavy atom. The molecule has 2 fully saturated rings. The molecule has 0 amide bonds. The zero-order chi connectivity index (χ0) is 82.9. The monoisotopic (exact) mass is 1960 g/mol. The van der Waals surface area contributed by atoms with Crippen molar-refractivity contribution < 1.29 is 58.8 Å². The van der Waals surface area contributed by atoms with Gasteiger partial charge in [-0.25, -0.2) is 0 Å². The van der Waals surface area contributed by atoms with Crippen LogP contribution in [0.15, 0.2) is 292 Å². The summed E-state index contributed by atoms with van der Waals surface area (Å²) in [5.41, 5.74) is 27.2. The summed E-state index contributed by atoms with van der Waals surface area (Å²) < 4.78 is 27.5. The van der Waals surface area contributed by atoms with Crippen molar-refractivity contribution in [2.45, 2.75) is 129 Å². The van der Waals surface area contributed by atoms with Crippen LogP contribution in [-0.2, 0) is 110 Å². The number of aryl methyl sites for hydroxylation is 8. The second-order valence-corrected chi connectivity index (χ2v) is 34.7. The normalized spacial score (nSPS) is 14.5. The van der Waals surface area contributed by atoms with E-state index in [1.807, 2.05) is 97.6 Å². The molecule has 10 nitrogen and oxygen atoms in total. The molecular weight excluding hydrogens is 1880 g/mol. The molecule has 2 aliphatic rings. The molecule has 0 aliphatic carbocycles. The van der Waals surface area contributed by atoms with E-state index in [1.165, 1.54) is 44.5 Å². The van der Waals surface area contributed by atoms with Crippen LogP contribution in [0.5, 0.6) is 0 Å². The van der Waals surface area contributed by atoms with Crippen molar-refractivity contribution >= 4 is 79.3 Å². The van der Waals surface area contributed by atoms with Crippen molar-refractivity contribution in [1.29, 1.82) is 0 Å². The average Bonchev–Trinajstić information content (AvgIpc) is 0.778. The maximum atomic E-state index is 6.88. The largest absolute Gasteiger partial charge is 3.00 e. The molecule has 124 heavy (non-hydrogen) atoms. The number of nitrogens with zero attached hydrogens (tertiary/aromatic N) is 6. The fourth-order valence-electron chi connectivity index (χ4n) is 17.5. The van der Waals surface area contributed by atoms with Gasteiger partial charge in [0.15, 0.2) is 0 Å². The third-order valence-corrected chi connectivity index (χ3v) is 25.7. The summed E-state index contributed by atoms with van der Waals surface area (Å²) in [4.78, 5) is 28.8. The Morgan fingerprint density at radius 1 is 0.266 bits per heavy atom. The molecular formula is C110H88B2Ir2N6O4. The van der Waals surface area contributed by atoms with Gasteiger partial charge in [0.1, 0.15) is 0 Å². The summed E-state index contributed by atoms with van der Waals surface area (Å²) in [6.07, 6.45) is 15.6. The third-order valence-electron chi connectivity index (χ3n) is 25.7. The first kappa shape index (κ1) is 83.3. The van der Waals surface area contributed by atoms with Crippen LogP contribution in [0.4, 0.5) is 0 Å². The number of rotatable bonds is 22. The van der Waals surface area contributed by atoms with E-state index in [4.69, 9.17) is 28.6 Å². The Hall–Kier alpha value is -11.6. The molecule has 0 bridgehead atoms. The average molecular weight is 1960 g/mol. The summed E-state index contributed by atoms with van der Waals surface area (Å²) in [7, 11) is -1.19. The molecule has 0 atom stereocenters. The fraction of sp³-hybridized carbons (Fsp3) is 0.182. The van der Waals surface area contributed by atoms with Crippen LogP contribution in [0.2, 0.25) is 0 Å². The molecule has 2 aliphatic heterocycles. The summed E-state index contributed by atoms with van der Waals surface area (Å²) >= 11 is 0. The van der Waals surface area contributed by atoms with Crippen LogP contribution in [0, 0.1) is 36.4 Å². The zero-order valence-electron chi connectivity index (χ0n) is 70.5. The first-order valence-corrected chi connectivity index (χ1v) is 42.4. The SMILES string of the molecule is CC1(C)OB(c2ccc(-c3c[c-]c4c(c3)c3cccc5c6cc(-c7ccc(B8OC(C)(C)C(C)(C)O8)cc7-c7cc(CCc8c[c-]c(-c9ccccn9)cc8)cc(CCc8c[c-]c(-c9ccccn9)cc8)c7)c[c-]c6c6ncnc4c6c35)c(-c3cc(CCc4c[c-]c(-c5ccccn5)cc4)cc(CCc4c[c-]c(-c5ccccn5)cc4)c3)c2)OC1(C)C.[Ir+3].[Ir+3]. The Labute approximate surface area is 753 Å². The first-order chi connectivity index (χ1) is 59.3. The van der Waals surface area contributed by atoms with Crippen molar-refractivity contribution in [3.05, 3.63) is 373 Å². The van der Waals surface area contributed by atoms with Crippen LogP contribution in [0.1, 0.15) is 99.9 Å². The molecule has 0 N–H and O–H groups in total. The minimum Gasteiger partial charge on any atom is -0.399 e. The number of aromatic nitrogens is 6. The molecule has 2 saturated heterocycles. The quantitative estimate of drug-likeness (QED) is 0.0281. The van der Waals surface area contributed by atoms with Crippen LogP contribution < -0.4 is 10.9 Å². The number of hydrogen-bond donors (Lipinski definition) is 0. The Kier molecular flexibility index (Phi) is 23.2. The Bertz CT molecular complexity index is 6290. The van der Waals surface area contributed by atoms with Gasteiger partial charge in [-0.3, -0.25) is 9.97 Å². The zero-order valence-corrected chi connectivity index (χ0v) is 75.3. The second-order valence-electron chi connectivity index (χ2n) is 34.7. The van der Waals surface area contributed by atoms with Crippen LogP contribution in [0.25, 0.3) is 144 Å². The van der Waals surface area contributed by atoms with E-state index in [9.17, 15) is 0 Å². The summed E-state index contributed by atoms with van der Waals surface area (Å²) in [5, 5.41) is 8.21. The fourth-order valence-corrected chi connectivity index (χ4v) is 17.5. The van der Waals surface area contributed by atoms with Gasteiger partial charge in [0.05, 0.1) is 28.7 Å². The molecule has 14 heteroatoms. The van der Waals surface area contributed by atoms with Crippen molar-refractivity contribution in [3.8, 4) is 89.5 Å². The predicted molar refractivity (Wildman–Crippen MR) is 495 cm³/mol. The third kappa shape index (κ3) is 16.6. The molecule has 20 rings (SSSR count). The number of pyridine rings is 4. The van der Waals surface area contributed by atoms with Gasteiger partial charge >= 0.3 is 54.4 Å². The van der Waals surface area contributed by atoms with E-state index in [0.29, 0.717) is 0 Å². The van der Waals surface area contributed by atoms with E-state index >= 15 is 0 Å². The van der Waals surface area contributed by atoms with E-state index < -0.39 is 36.6 Å². The molecule has 0 unspecified atom stereocenters. The molecule has 18 aromatic rings. The van der Waals surface area contributed by atoms with Gasteiger partial charge in [-0.2, -0.15) is 0 Å². The Balaban J connectivity index is 0.00000523. The van der Waals surface area contributed by atoms with Crippen LogP contribution >= 0.6 is 0 Å². The van der Waals surface area contributed by atoms with Gasteiger partial charge in [-0.05, 0) is 200 Å².